The van der Waals surface area contributed by atoms with Crippen LogP contribution in [-0.2, 0) is 0 Å². The largest absolute Gasteiger partial charge is 0.351 e. The number of carbonyl (C=O) groups is 1. The summed E-state index contributed by atoms with van der Waals surface area (Å²) in [7, 11) is 0. The minimum Gasteiger partial charge on any atom is -0.351 e. The molecule has 2 N–H and O–H groups in total. The summed E-state index contributed by atoms with van der Waals surface area (Å²) < 4.78 is 0. The summed E-state index contributed by atoms with van der Waals surface area (Å²) in [4.78, 5) is 16.0. The molecular formula is C22H17ClN2O. The van der Waals surface area contributed by atoms with E-state index in [1.54, 1.807) is 6.07 Å². The van der Waals surface area contributed by atoms with Gasteiger partial charge >= 0.3 is 0 Å². The van der Waals surface area contributed by atoms with E-state index in [2.05, 4.69) is 10.3 Å². The Labute approximate surface area is 156 Å². The molecule has 0 aliphatic rings. The minimum absolute atomic E-state index is 0.157. The van der Waals surface area contributed by atoms with Crippen molar-refractivity contribution in [3.63, 3.8) is 0 Å². The molecule has 3 nitrogen and oxygen atoms in total. The Morgan fingerprint density at radius 3 is 2.08 bits per heavy atom. The molecule has 0 radical (unpaired) electrons. The molecule has 0 atom stereocenters. The number of nitrogens with one attached hydrogen (secondary N) is 2. The van der Waals surface area contributed by atoms with Crippen molar-refractivity contribution in [2.45, 2.75) is 6.04 Å². The second-order valence-electron chi connectivity index (χ2n) is 6.14. The molecule has 0 unspecified atom stereocenters. The number of rotatable bonds is 4. The van der Waals surface area contributed by atoms with E-state index in [0.717, 1.165) is 22.0 Å². The first kappa shape index (κ1) is 16.4. The highest BCUT2D eigenvalue weighted by atomic mass is 35.5. The van der Waals surface area contributed by atoms with Gasteiger partial charge in [-0.1, -0.05) is 72.3 Å². The van der Waals surface area contributed by atoms with Crippen molar-refractivity contribution < 1.29 is 4.79 Å². The van der Waals surface area contributed by atoms with Crippen LogP contribution in [0.5, 0.6) is 0 Å². The fraction of sp³-hybridized carbons (Fsp3) is 0.0455. The van der Waals surface area contributed by atoms with Crippen molar-refractivity contribution in [1.82, 2.24) is 10.3 Å². The van der Waals surface area contributed by atoms with Crippen molar-refractivity contribution in [2.75, 3.05) is 0 Å². The van der Waals surface area contributed by atoms with E-state index in [4.69, 9.17) is 11.6 Å². The molecule has 0 saturated heterocycles. The lowest BCUT2D eigenvalue weighted by Gasteiger charge is -2.19. The van der Waals surface area contributed by atoms with Crippen LogP contribution < -0.4 is 5.32 Å². The molecule has 0 spiro atoms. The number of amides is 1. The Morgan fingerprint density at radius 1 is 0.846 bits per heavy atom. The topological polar surface area (TPSA) is 44.9 Å². The van der Waals surface area contributed by atoms with Gasteiger partial charge in [-0.3, -0.25) is 4.79 Å². The number of fused-ring (bicyclic) bond motifs is 1. The minimum atomic E-state index is -0.222. The molecule has 128 valence electrons. The zero-order valence-electron chi connectivity index (χ0n) is 13.9. The van der Waals surface area contributed by atoms with E-state index in [0.29, 0.717) is 10.7 Å². The lowest BCUT2D eigenvalue weighted by atomic mass is 9.98. The zero-order chi connectivity index (χ0) is 17.9. The molecule has 4 rings (SSSR count). The normalized spacial score (nSPS) is 11.0. The van der Waals surface area contributed by atoms with E-state index in [9.17, 15) is 4.79 Å². The molecule has 1 aromatic heterocycles. The van der Waals surface area contributed by atoms with Crippen LogP contribution in [0.15, 0.2) is 84.9 Å². The van der Waals surface area contributed by atoms with Crippen LogP contribution in [0.25, 0.3) is 10.9 Å². The number of halogens is 1. The average Bonchev–Trinajstić information content (AvgIpc) is 3.10. The molecule has 1 heterocycles. The molecule has 0 saturated carbocycles. The lowest BCUT2D eigenvalue weighted by molar-refractivity contribution is 0.0939. The Kier molecular flexibility index (Phi) is 4.46. The fourth-order valence-corrected chi connectivity index (χ4v) is 3.27. The summed E-state index contributed by atoms with van der Waals surface area (Å²) >= 11 is 6.04. The highest BCUT2D eigenvalue weighted by Crippen LogP contribution is 2.24. The number of aromatic nitrogens is 1. The summed E-state index contributed by atoms with van der Waals surface area (Å²) in [5, 5.41) is 4.70. The monoisotopic (exact) mass is 360 g/mol. The molecule has 0 aliphatic heterocycles. The van der Waals surface area contributed by atoms with Gasteiger partial charge in [0.15, 0.2) is 0 Å². The van der Waals surface area contributed by atoms with Crippen LogP contribution in [0, 0.1) is 0 Å². The third-order valence-corrected chi connectivity index (χ3v) is 4.60. The Bertz CT molecular complexity index is 1000. The maximum atomic E-state index is 12.9. The summed E-state index contributed by atoms with van der Waals surface area (Å²) in [6.45, 7) is 0. The second kappa shape index (κ2) is 7.06. The van der Waals surface area contributed by atoms with E-state index in [-0.39, 0.29) is 11.9 Å². The van der Waals surface area contributed by atoms with Gasteiger partial charge in [0.1, 0.15) is 5.69 Å². The highest BCUT2D eigenvalue weighted by Gasteiger charge is 2.18. The van der Waals surface area contributed by atoms with E-state index in [1.807, 2.05) is 78.9 Å². The molecule has 0 aliphatic carbocycles. The van der Waals surface area contributed by atoms with Gasteiger partial charge in [0.2, 0.25) is 0 Å². The Hall–Kier alpha value is -3.04. The van der Waals surface area contributed by atoms with Gasteiger partial charge < -0.3 is 10.3 Å². The second-order valence-corrected chi connectivity index (χ2v) is 6.58. The Balaban J connectivity index is 1.67. The van der Waals surface area contributed by atoms with Crippen molar-refractivity contribution in [3.05, 3.63) is 107 Å². The predicted molar refractivity (Wildman–Crippen MR) is 106 cm³/mol. The van der Waals surface area contributed by atoms with Crippen molar-refractivity contribution in [3.8, 4) is 0 Å². The SMILES string of the molecule is O=C(NC(c1ccccc1)c1ccccc1)c1cc2cc(Cl)ccc2[nH]1. The Morgan fingerprint density at radius 2 is 1.46 bits per heavy atom. The summed E-state index contributed by atoms with van der Waals surface area (Å²) in [5.41, 5.74) is 3.46. The standard InChI is InChI=1S/C22H17ClN2O/c23-18-11-12-19-17(13-18)14-20(24-19)22(26)25-21(15-7-3-1-4-8-15)16-9-5-2-6-10-16/h1-14,21,24H,(H,25,26). The molecule has 0 fully saturated rings. The quantitative estimate of drug-likeness (QED) is 0.507. The van der Waals surface area contributed by atoms with E-state index < -0.39 is 0 Å². The van der Waals surface area contributed by atoms with Gasteiger partial charge in [0.05, 0.1) is 6.04 Å². The van der Waals surface area contributed by atoms with Crippen LogP contribution in [0.3, 0.4) is 0 Å². The highest BCUT2D eigenvalue weighted by molar-refractivity contribution is 6.31. The third kappa shape index (κ3) is 3.35. The van der Waals surface area contributed by atoms with Gasteiger partial charge in [0, 0.05) is 15.9 Å². The maximum absolute atomic E-state index is 12.9. The van der Waals surface area contributed by atoms with Gasteiger partial charge in [0.25, 0.3) is 5.91 Å². The van der Waals surface area contributed by atoms with Crippen LogP contribution in [0.2, 0.25) is 5.02 Å². The lowest BCUT2D eigenvalue weighted by Crippen LogP contribution is -2.29. The molecule has 1 amide bonds. The first-order valence-corrected chi connectivity index (χ1v) is 8.77. The van der Waals surface area contributed by atoms with Gasteiger partial charge in [-0.15, -0.1) is 0 Å². The van der Waals surface area contributed by atoms with Crippen molar-refractivity contribution >= 4 is 28.4 Å². The molecule has 26 heavy (non-hydrogen) atoms. The number of hydrogen-bond acceptors (Lipinski definition) is 1. The average molecular weight is 361 g/mol. The van der Waals surface area contributed by atoms with Gasteiger partial charge in [-0.05, 0) is 35.4 Å². The number of aromatic amines is 1. The molecular weight excluding hydrogens is 344 g/mol. The summed E-state index contributed by atoms with van der Waals surface area (Å²) in [5.74, 6) is -0.157. The van der Waals surface area contributed by atoms with Crippen LogP contribution in [-0.4, -0.2) is 10.9 Å². The zero-order valence-corrected chi connectivity index (χ0v) is 14.7. The first-order chi connectivity index (χ1) is 12.7. The van der Waals surface area contributed by atoms with Gasteiger partial charge in [-0.2, -0.15) is 0 Å². The molecule has 3 aromatic carbocycles. The van der Waals surface area contributed by atoms with Crippen molar-refractivity contribution in [2.24, 2.45) is 0 Å². The summed E-state index contributed by atoms with van der Waals surface area (Å²) in [6, 6.07) is 27.0. The maximum Gasteiger partial charge on any atom is 0.268 e. The number of hydrogen-bond donors (Lipinski definition) is 2. The van der Waals surface area contributed by atoms with E-state index >= 15 is 0 Å². The summed E-state index contributed by atoms with van der Waals surface area (Å²) in [6.07, 6.45) is 0. The molecule has 0 bridgehead atoms. The van der Waals surface area contributed by atoms with E-state index in [1.165, 1.54) is 0 Å². The number of carbonyl (C=O) groups excluding carboxylic acids is 1. The number of H-pyrrole nitrogens is 1. The van der Waals surface area contributed by atoms with Crippen LogP contribution in [0.4, 0.5) is 0 Å². The predicted octanol–water partition coefficient (Wildman–Crippen LogP) is 5.34. The molecule has 4 heteroatoms. The van der Waals surface area contributed by atoms with Crippen molar-refractivity contribution in [1.29, 1.82) is 0 Å². The number of benzene rings is 3. The van der Waals surface area contributed by atoms with Crippen LogP contribution >= 0.6 is 11.6 Å². The third-order valence-electron chi connectivity index (χ3n) is 4.37. The smallest absolute Gasteiger partial charge is 0.268 e. The fourth-order valence-electron chi connectivity index (χ4n) is 3.08. The van der Waals surface area contributed by atoms with Crippen LogP contribution in [0.1, 0.15) is 27.7 Å². The van der Waals surface area contributed by atoms with Gasteiger partial charge in [-0.25, -0.2) is 0 Å². The first-order valence-electron chi connectivity index (χ1n) is 8.40. The molecule has 4 aromatic rings.